The van der Waals surface area contributed by atoms with Gasteiger partial charge in [-0.3, -0.25) is 20.3 Å². The number of aromatic nitrogens is 1. The third-order valence-electron chi connectivity index (χ3n) is 6.29. The zero-order valence-corrected chi connectivity index (χ0v) is 22.0. The van der Waals surface area contributed by atoms with Crippen LogP contribution in [0.4, 0.5) is 15.8 Å². The predicted molar refractivity (Wildman–Crippen MR) is 152 cm³/mol. The highest BCUT2D eigenvalue weighted by molar-refractivity contribution is 8.00. The molecule has 0 unspecified atom stereocenters. The highest BCUT2D eigenvalue weighted by Crippen LogP contribution is 2.33. The van der Waals surface area contributed by atoms with Gasteiger partial charge in [0.05, 0.1) is 29.3 Å². The molecule has 0 bridgehead atoms. The number of aryl methyl sites for hydroxylation is 1. The Morgan fingerprint density at radius 1 is 1.19 bits per heavy atom. The van der Waals surface area contributed by atoms with Gasteiger partial charge in [0, 0.05) is 34.3 Å². The van der Waals surface area contributed by atoms with Gasteiger partial charge < -0.3 is 4.72 Å². The van der Waals surface area contributed by atoms with Gasteiger partial charge in [0.1, 0.15) is 5.69 Å². The van der Waals surface area contributed by atoms with Crippen LogP contribution in [0.5, 0.6) is 0 Å². The van der Waals surface area contributed by atoms with Crippen molar-refractivity contribution >= 4 is 47.9 Å². The summed E-state index contributed by atoms with van der Waals surface area (Å²) in [6, 6.07) is 13.3. The minimum absolute atomic E-state index is 0.281. The fourth-order valence-electron chi connectivity index (χ4n) is 4.40. The Labute approximate surface area is 221 Å². The van der Waals surface area contributed by atoms with E-state index in [1.807, 2.05) is 43.3 Å². The molecule has 1 heterocycles. The fourth-order valence-corrected chi connectivity index (χ4v) is 5.30. The summed E-state index contributed by atoms with van der Waals surface area (Å²) in [5.41, 5.74) is 4.08. The molecule has 3 aromatic rings. The van der Waals surface area contributed by atoms with E-state index in [1.165, 1.54) is 50.1 Å². The summed E-state index contributed by atoms with van der Waals surface area (Å²) in [6.45, 7) is 6.34. The van der Waals surface area contributed by atoms with E-state index in [1.54, 1.807) is 12.4 Å². The highest BCUT2D eigenvalue weighted by atomic mass is 35.5. The Kier molecular flexibility index (Phi) is 9.50. The van der Waals surface area contributed by atoms with E-state index in [0.717, 1.165) is 28.1 Å². The maximum Gasteiger partial charge on any atom is 0.151 e. The minimum atomic E-state index is -0.414. The Balaban J connectivity index is 1.52. The van der Waals surface area contributed by atoms with Crippen LogP contribution in [0.1, 0.15) is 50.2 Å². The lowest BCUT2D eigenvalue weighted by Gasteiger charge is -2.21. The van der Waals surface area contributed by atoms with Crippen LogP contribution in [0.25, 0.3) is 11.3 Å². The van der Waals surface area contributed by atoms with Crippen LogP contribution in [-0.4, -0.2) is 30.6 Å². The molecule has 4 rings (SSSR count). The van der Waals surface area contributed by atoms with Gasteiger partial charge in [-0.15, -0.1) is 0 Å². The minimum Gasteiger partial charge on any atom is -0.324 e. The number of nitrogens with one attached hydrogen (secondary N) is 2. The van der Waals surface area contributed by atoms with Crippen LogP contribution in [0.3, 0.4) is 0 Å². The number of anilines is 1. The molecule has 0 atom stereocenters. The van der Waals surface area contributed by atoms with Crippen LogP contribution >= 0.6 is 23.5 Å². The van der Waals surface area contributed by atoms with Crippen molar-refractivity contribution in [3.05, 3.63) is 70.6 Å². The monoisotopic (exact) mass is 523 g/mol. The van der Waals surface area contributed by atoms with Crippen LogP contribution < -0.4 is 10.0 Å². The molecule has 188 valence electrons. The molecule has 1 aromatic heterocycles. The Hall–Kier alpha value is -2.74. The molecule has 1 fully saturated rings. The summed E-state index contributed by atoms with van der Waals surface area (Å²) in [7, 11) is 0. The van der Waals surface area contributed by atoms with Crippen molar-refractivity contribution in [3.63, 3.8) is 0 Å². The molecule has 36 heavy (non-hydrogen) atoms. The molecule has 0 radical (unpaired) electrons. The molecule has 5 nitrogen and oxygen atoms in total. The third-order valence-corrected chi connectivity index (χ3v) is 7.65. The van der Waals surface area contributed by atoms with E-state index in [4.69, 9.17) is 11.6 Å². The molecular formula is C28H31ClFN5S. The first-order valence-electron chi connectivity index (χ1n) is 12.3. The van der Waals surface area contributed by atoms with E-state index in [2.05, 4.69) is 31.7 Å². The predicted octanol–water partition coefficient (Wildman–Crippen LogP) is 7.85. The van der Waals surface area contributed by atoms with Gasteiger partial charge in [0.15, 0.2) is 5.82 Å². The summed E-state index contributed by atoms with van der Waals surface area (Å²) >= 11 is 7.52. The second kappa shape index (κ2) is 13.0. The number of nitrogens with zero attached hydrogens (tertiary/aromatic N) is 3. The average molecular weight is 524 g/mol. The summed E-state index contributed by atoms with van der Waals surface area (Å²) in [4.78, 5) is 14.1. The molecule has 0 spiro atoms. The molecule has 2 aromatic carbocycles. The van der Waals surface area contributed by atoms with Crippen molar-refractivity contribution in [2.75, 3.05) is 11.4 Å². The zero-order valence-electron chi connectivity index (χ0n) is 20.4. The smallest absolute Gasteiger partial charge is 0.151 e. The molecule has 1 aliphatic carbocycles. The second-order valence-corrected chi connectivity index (χ2v) is 10.0. The zero-order chi connectivity index (χ0) is 25.3. The molecule has 0 aliphatic heterocycles. The van der Waals surface area contributed by atoms with Crippen LogP contribution in [0.15, 0.2) is 63.5 Å². The standard InChI is InChI=1S/C28H31ClFN5S/c1-3-19-13-20(14-21(27(19)31-2)16-32-18-34-22-9-5-4-6-10-22)28-25(30)15-23(17-33-28)35-36-26-12-8-7-11-24(26)29/h7-8,11-17,22,34-35H,2-6,9-10,18H2,1H3/b32-16-. The average Bonchev–Trinajstić information content (AvgIpc) is 2.90. The van der Waals surface area contributed by atoms with Crippen molar-refractivity contribution in [2.24, 2.45) is 9.98 Å². The number of hydrogen-bond donors (Lipinski definition) is 2. The van der Waals surface area contributed by atoms with E-state index in [-0.39, 0.29) is 5.69 Å². The maximum atomic E-state index is 15.2. The van der Waals surface area contributed by atoms with E-state index in [0.29, 0.717) is 29.0 Å². The maximum absolute atomic E-state index is 15.2. The lowest BCUT2D eigenvalue weighted by Crippen LogP contribution is -2.31. The molecule has 1 saturated carbocycles. The molecular weight excluding hydrogens is 493 g/mol. The molecule has 8 heteroatoms. The first kappa shape index (κ1) is 26.3. The van der Waals surface area contributed by atoms with Crippen LogP contribution in [0.2, 0.25) is 5.02 Å². The Morgan fingerprint density at radius 2 is 2.00 bits per heavy atom. The van der Waals surface area contributed by atoms with Gasteiger partial charge >= 0.3 is 0 Å². The number of hydrogen-bond acceptors (Lipinski definition) is 6. The topological polar surface area (TPSA) is 61.7 Å². The normalized spacial score (nSPS) is 14.3. The van der Waals surface area contributed by atoms with Gasteiger partial charge in [-0.25, -0.2) is 4.39 Å². The summed E-state index contributed by atoms with van der Waals surface area (Å²) in [5, 5.41) is 4.14. The quantitative estimate of drug-likeness (QED) is 0.210. The second-order valence-electron chi connectivity index (χ2n) is 8.78. The lowest BCUT2D eigenvalue weighted by molar-refractivity contribution is 0.378. The van der Waals surface area contributed by atoms with Crippen molar-refractivity contribution in [2.45, 2.75) is 56.4 Å². The van der Waals surface area contributed by atoms with Gasteiger partial charge in [-0.2, -0.15) is 0 Å². The number of aliphatic imine (C=N–C) groups is 2. The van der Waals surface area contributed by atoms with Crippen molar-refractivity contribution in [1.82, 2.24) is 10.3 Å². The number of pyridine rings is 1. The number of rotatable bonds is 10. The summed E-state index contributed by atoms with van der Waals surface area (Å²) in [5.74, 6) is -0.414. The molecule has 1 aliphatic rings. The summed E-state index contributed by atoms with van der Waals surface area (Å²) < 4.78 is 18.3. The Morgan fingerprint density at radius 3 is 2.72 bits per heavy atom. The van der Waals surface area contributed by atoms with E-state index < -0.39 is 5.82 Å². The highest BCUT2D eigenvalue weighted by Gasteiger charge is 2.15. The third kappa shape index (κ3) is 6.72. The van der Waals surface area contributed by atoms with Crippen LogP contribution in [0, 0.1) is 5.82 Å². The van der Waals surface area contributed by atoms with Gasteiger partial charge in [0.25, 0.3) is 0 Å². The lowest BCUT2D eigenvalue weighted by atomic mass is 9.96. The SMILES string of the molecule is C=Nc1c(/C=N\CNC2CCCCC2)cc(-c2ncc(NSc3ccccc3Cl)cc2F)cc1CC. The number of benzene rings is 2. The first-order chi connectivity index (χ1) is 17.6. The van der Waals surface area contributed by atoms with E-state index in [9.17, 15) is 0 Å². The van der Waals surface area contributed by atoms with Gasteiger partial charge in [-0.05, 0) is 67.8 Å². The van der Waals surface area contributed by atoms with E-state index >= 15 is 4.39 Å². The van der Waals surface area contributed by atoms with Gasteiger partial charge in [0.2, 0.25) is 0 Å². The largest absolute Gasteiger partial charge is 0.324 e. The summed E-state index contributed by atoms with van der Waals surface area (Å²) in [6.07, 6.45) is 10.4. The Bertz CT molecular complexity index is 1230. The fraction of sp³-hybridized carbons (Fsp3) is 0.321. The van der Waals surface area contributed by atoms with Gasteiger partial charge in [-0.1, -0.05) is 49.9 Å². The van der Waals surface area contributed by atoms with Crippen LogP contribution in [-0.2, 0) is 6.42 Å². The molecule has 0 amide bonds. The molecule has 2 N–H and O–H groups in total. The van der Waals surface area contributed by atoms with Crippen molar-refractivity contribution in [3.8, 4) is 11.3 Å². The first-order valence-corrected chi connectivity index (χ1v) is 13.5. The van der Waals surface area contributed by atoms with Crippen molar-refractivity contribution in [1.29, 1.82) is 0 Å². The number of halogens is 2. The molecule has 0 saturated heterocycles. The van der Waals surface area contributed by atoms with Crippen molar-refractivity contribution < 1.29 is 4.39 Å².